The number of rotatable bonds is 2. The molecule has 6 aromatic rings. The van der Waals surface area contributed by atoms with Gasteiger partial charge in [0.15, 0.2) is 0 Å². The third-order valence-electron chi connectivity index (χ3n) is 8.34. The molecule has 48 heavy (non-hydrogen) atoms. The van der Waals surface area contributed by atoms with E-state index >= 15 is 0 Å². The minimum Gasteiger partial charge on any atom is -0.243 e. The molecule has 0 N–H and O–H groups in total. The van der Waals surface area contributed by atoms with Gasteiger partial charge in [0.2, 0.25) is 0 Å². The summed E-state index contributed by atoms with van der Waals surface area (Å²) in [5.74, 6) is 0. The van der Waals surface area contributed by atoms with E-state index < -0.39 is 0 Å². The fraction of sp³-hybridized carbons (Fsp3) is 0. The van der Waals surface area contributed by atoms with Crippen molar-refractivity contribution in [3.8, 4) is 69.9 Å². The minimum atomic E-state index is -0.248. The molecule has 5 aromatic carbocycles. The van der Waals surface area contributed by atoms with Crippen molar-refractivity contribution in [1.82, 2.24) is 9.97 Å². The van der Waals surface area contributed by atoms with E-state index in [0.29, 0.717) is 27.6 Å². The van der Waals surface area contributed by atoms with Gasteiger partial charge in [-0.15, -0.1) is 0 Å². The monoisotopic (exact) mass is 608 g/mol. The highest BCUT2D eigenvalue weighted by molar-refractivity contribution is 6.08. The molecule has 0 spiro atoms. The number of allylic oxidation sites excluding steroid dienone is 1. The second kappa shape index (κ2) is 11.6. The fourth-order valence-corrected chi connectivity index (χ4v) is 6.25. The van der Waals surface area contributed by atoms with Crippen molar-refractivity contribution in [3.63, 3.8) is 0 Å². The van der Waals surface area contributed by atoms with Gasteiger partial charge in [0.25, 0.3) is 0 Å². The SMILES string of the molecule is N#CC(C#N)=C1c2cc(-c3ccccc3)ccc2-c2nc3c(=C(C#N)C#N)c4cc(-c5ccccc5)ccc4c(=C(C#N)C#N)c3nc21. The molecule has 8 nitrogen and oxygen atoms in total. The van der Waals surface area contributed by atoms with Crippen LogP contribution in [0.2, 0.25) is 0 Å². The number of nitrogens with zero attached hydrogens (tertiary/aromatic N) is 8. The summed E-state index contributed by atoms with van der Waals surface area (Å²) in [5, 5.41) is 62.0. The van der Waals surface area contributed by atoms with Crippen LogP contribution in [0.25, 0.3) is 72.0 Å². The van der Waals surface area contributed by atoms with Crippen LogP contribution in [0.5, 0.6) is 0 Å². The number of aromatic nitrogens is 2. The zero-order valence-corrected chi connectivity index (χ0v) is 24.8. The lowest BCUT2D eigenvalue weighted by Gasteiger charge is -2.11. The van der Waals surface area contributed by atoms with E-state index in [9.17, 15) is 31.6 Å². The molecule has 0 unspecified atom stereocenters. The molecule has 0 fully saturated rings. The first-order chi connectivity index (χ1) is 23.6. The number of fused-ring (bicyclic) bond motifs is 5. The maximum absolute atomic E-state index is 10.2. The summed E-state index contributed by atoms with van der Waals surface area (Å²) in [5.41, 5.74) is 4.99. The standard InChI is InChI=1S/C40H16N8/c41-17-27(18-42)34-30-13-11-25(23-7-3-1-4-8-23)15-32(30)35(28(19-43)20-44)40-39(34)48-38-36(29(21-45)22-46)33-16-26(24-9-5-2-6-10-24)12-14-31(33)37(38)47-40/h1-16H. The van der Waals surface area contributed by atoms with Gasteiger partial charge in [0.1, 0.15) is 69.9 Å². The van der Waals surface area contributed by atoms with Gasteiger partial charge in [0, 0.05) is 21.6 Å². The average Bonchev–Trinajstić information content (AvgIpc) is 3.45. The van der Waals surface area contributed by atoms with Crippen LogP contribution in [-0.4, -0.2) is 9.97 Å². The van der Waals surface area contributed by atoms with E-state index in [1.165, 1.54) is 0 Å². The first kappa shape index (κ1) is 28.9. The smallest absolute Gasteiger partial charge is 0.139 e. The predicted molar refractivity (Wildman–Crippen MR) is 179 cm³/mol. The van der Waals surface area contributed by atoms with Gasteiger partial charge in [-0.05, 0) is 50.7 Å². The second-order valence-corrected chi connectivity index (χ2v) is 10.8. The van der Waals surface area contributed by atoms with E-state index in [-0.39, 0.29) is 49.5 Å². The molecule has 8 heteroatoms. The molecular formula is C40H16N8. The largest absolute Gasteiger partial charge is 0.243 e. The van der Waals surface area contributed by atoms with Gasteiger partial charge in [-0.3, -0.25) is 0 Å². The fourth-order valence-electron chi connectivity index (χ4n) is 6.25. The van der Waals surface area contributed by atoms with E-state index in [1.54, 1.807) is 6.07 Å². The Morgan fingerprint density at radius 1 is 0.417 bits per heavy atom. The zero-order chi connectivity index (χ0) is 33.4. The quantitative estimate of drug-likeness (QED) is 0.162. The van der Waals surface area contributed by atoms with Crippen LogP contribution in [-0.2, 0) is 0 Å². The maximum atomic E-state index is 10.2. The second-order valence-electron chi connectivity index (χ2n) is 10.8. The van der Waals surface area contributed by atoms with Gasteiger partial charge in [0.05, 0.1) is 5.69 Å². The Kier molecular flexibility index (Phi) is 6.95. The Morgan fingerprint density at radius 2 is 0.896 bits per heavy atom. The Morgan fingerprint density at radius 3 is 1.44 bits per heavy atom. The first-order valence-electron chi connectivity index (χ1n) is 14.5. The van der Waals surface area contributed by atoms with Gasteiger partial charge in [-0.25, -0.2) is 9.97 Å². The van der Waals surface area contributed by atoms with Crippen LogP contribution in [0, 0.1) is 68.0 Å². The number of nitriles is 6. The summed E-state index contributed by atoms with van der Waals surface area (Å²) in [6.07, 6.45) is 0. The first-order valence-corrected chi connectivity index (χ1v) is 14.5. The number of hydrogen-bond acceptors (Lipinski definition) is 8. The molecule has 7 rings (SSSR count). The molecule has 0 radical (unpaired) electrons. The Bertz CT molecular complexity index is 2780. The van der Waals surface area contributed by atoms with Crippen LogP contribution in [0.1, 0.15) is 11.3 Å². The highest BCUT2D eigenvalue weighted by atomic mass is 14.9. The minimum absolute atomic E-state index is 0.0913. The maximum Gasteiger partial charge on any atom is 0.139 e. The molecule has 0 amide bonds. The Balaban J connectivity index is 1.72. The van der Waals surface area contributed by atoms with Crippen LogP contribution >= 0.6 is 0 Å². The molecule has 1 heterocycles. The van der Waals surface area contributed by atoms with Crippen molar-refractivity contribution in [2.75, 3.05) is 0 Å². The third kappa shape index (κ3) is 4.33. The highest BCUT2D eigenvalue weighted by Gasteiger charge is 2.31. The van der Waals surface area contributed by atoms with Gasteiger partial charge in [-0.1, -0.05) is 84.9 Å². The Labute approximate surface area is 273 Å². The molecule has 0 saturated carbocycles. The molecule has 0 saturated heterocycles. The van der Waals surface area contributed by atoms with Gasteiger partial charge >= 0.3 is 0 Å². The molecule has 0 bridgehead atoms. The van der Waals surface area contributed by atoms with Crippen molar-refractivity contribution < 1.29 is 0 Å². The molecule has 0 aliphatic heterocycles. The number of benzene rings is 5. The Hall–Kier alpha value is -7.88. The van der Waals surface area contributed by atoms with Crippen molar-refractivity contribution in [2.24, 2.45) is 0 Å². The zero-order valence-electron chi connectivity index (χ0n) is 24.8. The molecule has 216 valence electrons. The summed E-state index contributed by atoms with van der Waals surface area (Å²) in [4.78, 5) is 9.96. The van der Waals surface area contributed by atoms with Crippen LogP contribution in [0.4, 0.5) is 0 Å². The summed E-state index contributed by atoms with van der Waals surface area (Å²) in [6.45, 7) is 0. The molecule has 1 aliphatic rings. The lowest BCUT2D eigenvalue weighted by molar-refractivity contribution is 1.26. The summed E-state index contributed by atoms with van der Waals surface area (Å²) < 4.78 is 0. The summed E-state index contributed by atoms with van der Waals surface area (Å²) in [7, 11) is 0. The lowest BCUT2D eigenvalue weighted by atomic mass is 9.94. The van der Waals surface area contributed by atoms with Crippen LogP contribution < -0.4 is 10.4 Å². The molecule has 1 aliphatic carbocycles. The molecule has 0 atom stereocenters. The third-order valence-corrected chi connectivity index (χ3v) is 8.34. The summed E-state index contributed by atoms with van der Waals surface area (Å²) in [6, 6.07) is 42.1. The van der Waals surface area contributed by atoms with E-state index in [4.69, 9.17) is 9.97 Å². The van der Waals surface area contributed by atoms with E-state index in [2.05, 4.69) is 0 Å². The topological polar surface area (TPSA) is 169 Å². The van der Waals surface area contributed by atoms with Crippen molar-refractivity contribution in [3.05, 3.63) is 124 Å². The summed E-state index contributed by atoms with van der Waals surface area (Å²) >= 11 is 0. The van der Waals surface area contributed by atoms with Crippen LogP contribution in [0.15, 0.2) is 103 Å². The number of hydrogen-bond donors (Lipinski definition) is 0. The van der Waals surface area contributed by atoms with Crippen LogP contribution in [0.3, 0.4) is 0 Å². The lowest BCUT2D eigenvalue weighted by Crippen LogP contribution is -2.21. The van der Waals surface area contributed by atoms with E-state index in [0.717, 1.165) is 22.3 Å². The van der Waals surface area contributed by atoms with Crippen molar-refractivity contribution in [1.29, 1.82) is 31.6 Å². The predicted octanol–water partition coefficient (Wildman–Crippen LogP) is 6.34. The molecular weight excluding hydrogens is 592 g/mol. The molecule has 1 aromatic heterocycles. The van der Waals surface area contributed by atoms with E-state index in [1.807, 2.05) is 127 Å². The highest BCUT2D eigenvalue weighted by Crippen LogP contribution is 2.45. The van der Waals surface area contributed by atoms with Gasteiger partial charge < -0.3 is 0 Å². The van der Waals surface area contributed by atoms with Crippen molar-refractivity contribution in [2.45, 2.75) is 0 Å². The average molecular weight is 609 g/mol. The van der Waals surface area contributed by atoms with Gasteiger partial charge in [-0.2, -0.15) is 31.6 Å². The van der Waals surface area contributed by atoms with Crippen molar-refractivity contribution >= 4 is 38.5 Å². The normalized spacial score (nSPS) is 10.8.